The van der Waals surface area contributed by atoms with Crippen LogP contribution in [0.2, 0.25) is 0 Å². The summed E-state index contributed by atoms with van der Waals surface area (Å²) in [5.41, 5.74) is -0.939. The molecule has 140 valence electrons. The van der Waals surface area contributed by atoms with Gasteiger partial charge in [-0.3, -0.25) is 9.69 Å². The van der Waals surface area contributed by atoms with Gasteiger partial charge in [0.15, 0.2) is 9.84 Å². The second-order valence-corrected chi connectivity index (χ2v) is 6.06. The van der Waals surface area contributed by atoms with Crippen LogP contribution in [0.15, 0.2) is 17.0 Å². The second-order valence-electron chi connectivity index (χ2n) is 4.44. The number of nitrogens with zero attached hydrogens (tertiary/aromatic N) is 1. The number of carbonyl (C=O) groups excluding carboxylic acids is 1. The van der Waals surface area contributed by atoms with Gasteiger partial charge >= 0.3 is 0 Å². The van der Waals surface area contributed by atoms with Gasteiger partial charge in [0.05, 0.1) is 31.7 Å². The molecule has 1 fully saturated rings. The van der Waals surface area contributed by atoms with Crippen molar-refractivity contribution in [3.63, 3.8) is 0 Å². The van der Waals surface area contributed by atoms with Crippen LogP contribution in [-0.4, -0.2) is 57.6 Å². The highest BCUT2D eigenvalue weighted by atomic mass is 32.2. The summed E-state index contributed by atoms with van der Waals surface area (Å²) in [4.78, 5) is 11.2. The van der Waals surface area contributed by atoms with Gasteiger partial charge in [-0.05, 0) is 31.8 Å². The van der Waals surface area contributed by atoms with Crippen LogP contribution in [-0.2, 0) is 9.84 Å². The van der Waals surface area contributed by atoms with E-state index in [1.54, 1.807) is 5.32 Å². The number of benzene rings is 1. The molecule has 0 bridgehead atoms. The first-order valence-corrected chi connectivity index (χ1v) is 7.96. The number of carbonyl (C=O) groups is 1. The average Bonchev–Trinajstić information content (AvgIpc) is 2.90. The Hall–Kier alpha value is -1.80. The molecule has 1 unspecified atom stereocenters. The number of likely N-dealkylation sites (tertiary alicyclic amines) is 1. The van der Waals surface area contributed by atoms with E-state index in [1.807, 2.05) is 0 Å². The molecular weight excluding hydrogens is 342 g/mol. The Morgan fingerprint density at radius 2 is 2.44 bits per heavy atom. The van der Waals surface area contributed by atoms with Crippen molar-refractivity contribution in [3.05, 3.63) is 17.6 Å². The number of amides is 1. The molecule has 1 amide bonds. The van der Waals surface area contributed by atoms with Crippen molar-refractivity contribution >= 4 is 21.4 Å². The number of nitrogens with one attached hydrogen (secondary N) is 1. The Balaban J connectivity index is 2.84. The van der Waals surface area contributed by atoms with E-state index >= 15 is 0 Å². The maximum Gasteiger partial charge on any atom is 0.255 e. The van der Waals surface area contributed by atoms with Gasteiger partial charge in [-0.15, -0.1) is 0 Å². The molecule has 0 aliphatic carbocycles. The topological polar surface area (TPSA) is 102 Å². The molecule has 0 saturated carbocycles. The number of rotatable bonds is 7. The molecular formula is C17H27N3O4S. The third-order valence-electron chi connectivity index (χ3n) is 2.97. The van der Waals surface area contributed by atoms with Crippen molar-refractivity contribution < 1.29 is 44.0 Å². The predicted octanol–water partition coefficient (Wildman–Crippen LogP) is 1.29. The molecule has 0 spiro atoms. The van der Waals surface area contributed by atoms with Crippen LogP contribution in [0, 0.1) is 0 Å². The van der Waals surface area contributed by atoms with Crippen molar-refractivity contribution in [2.24, 2.45) is 0 Å². The third kappa shape index (κ3) is 4.24. The highest BCUT2D eigenvalue weighted by Crippen LogP contribution is 2.29. The largest absolute Gasteiger partial charge is 0.496 e. The Bertz CT molecular complexity index is 1460. The van der Waals surface area contributed by atoms with Crippen molar-refractivity contribution in [1.82, 2.24) is 10.2 Å². The van der Waals surface area contributed by atoms with Crippen LogP contribution in [0.25, 0.3) is 0 Å². The van der Waals surface area contributed by atoms with Crippen molar-refractivity contribution in [3.8, 4) is 5.75 Å². The van der Waals surface area contributed by atoms with E-state index in [4.69, 9.17) is 36.5 Å². The molecule has 0 radical (unpaired) electrons. The summed E-state index contributed by atoms with van der Waals surface area (Å²) < 4.78 is 181. The van der Waals surface area contributed by atoms with E-state index in [2.05, 4.69) is 0 Å². The van der Waals surface area contributed by atoms with Crippen molar-refractivity contribution in [2.75, 3.05) is 38.1 Å². The Morgan fingerprint density at radius 3 is 3.12 bits per heavy atom. The lowest BCUT2D eigenvalue weighted by Gasteiger charge is -2.23. The van der Waals surface area contributed by atoms with Crippen LogP contribution in [0.4, 0.5) is 5.69 Å². The normalized spacial score (nSPS) is 40.6. The Morgan fingerprint density at radius 1 is 1.64 bits per heavy atom. The second kappa shape index (κ2) is 8.05. The SMILES string of the molecule is [2H]c1c(N)c(S(=O)(=O)C([2H])([2H])C([2H])([2H])[2H])c([2H])c(C(=O)NCC2([2H])N(C([2H])([2H])C([2H])([2H])[2H])C([2H])([2H])C([2H])([2H])C2([2H])[2H])c1OC. The molecule has 3 N–H and O–H groups in total. The molecule has 1 saturated heterocycles. The minimum absolute atomic E-state index is 0.543. The quantitative estimate of drug-likeness (QED) is 0.682. The lowest BCUT2D eigenvalue weighted by molar-refractivity contribution is 0.0938. The van der Waals surface area contributed by atoms with Crippen molar-refractivity contribution in [1.29, 1.82) is 0 Å². The summed E-state index contributed by atoms with van der Waals surface area (Å²) in [7, 11) is -5.00. The molecule has 1 heterocycles. The van der Waals surface area contributed by atoms with E-state index in [1.165, 1.54) is 0 Å². The zero-order chi connectivity index (χ0) is 35.2. The number of likely N-dealkylation sites (N-methyl/N-ethyl adjacent to an activating group) is 1. The standard InChI is InChI=1S/C17H27N3O4S/c1-4-20-8-6-7-12(20)11-19-17(21)13-9-16(25(22,23)5-2)14(18)10-15(13)24-3/h9-10,12H,4-8,11,18H2,1-3H3,(H,19,21)/i1D3,2D3,4D2,5D2,6D2,7D2,8D2,9D,10D,12D. The van der Waals surface area contributed by atoms with Crippen LogP contribution in [0.3, 0.4) is 0 Å². The van der Waals surface area contributed by atoms with Crippen LogP contribution in [0.1, 0.15) is 62.9 Å². The van der Waals surface area contributed by atoms with Gasteiger partial charge in [-0.2, -0.15) is 0 Å². The fourth-order valence-corrected chi connectivity index (χ4v) is 2.48. The Labute approximate surface area is 176 Å². The summed E-state index contributed by atoms with van der Waals surface area (Å²) in [5, 5.41) is 1.76. The number of nitrogen functional groups attached to an aromatic ring is 1. The number of hydrogen-bond donors (Lipinski definition) is 2. The molecule has 2 rings (SSSR count). The zero-order valence-corrected chi connectivity index (χ0v) is 13.6. The molecule has 0 aromatic heterocycles. The predicted molar refractivity (Wildman–Crippen MR) is 97.7 cm³/mol. The molecule has 1 aromatic rings. The van der Waals surface area contributed by atoms with E-state index < -0.39 is 112 Å². The Kier molecular flexibility index (Phi) is 1.97. The zero-order valence-electron chi connectivity index (χ0n) is 31.8. The fraction of sp³-hybridized carbons (Fsp3) is 0.588. The van der Waals surface area contributed by atoms with Gasteiger partial charge in [-0.1, -0.05) is 13.7 Å². The van der Waals surface area contributed by atoms with Crippen LogP contribution in [0.5, 0.6) is 5.75 Å². The number of ether oxygens (including phenoxy) is 1. The molecule has 1 aliphatic rings. The minimum atomic E-state index is -5.81. The van der Waals surface area contributed by atoms with Gasteiger partial charge in [0.2, 0.25) is 0 Å². The third-order valence-corrected chi connectivity index (χ3v) is 4.09. The number of nitrogens with two attached hydrogens (primary N) is 1. The molecule has 8 heteroatoms. The summed E-state index contributed by atoms with van der Waals surface area (Å²) in [6.45, 7) is -17.1. The first kappa shape index (κ1) is 6.13. The van der Waals surface area contributed by atoms with Gasteiger partial charge in [0.1, 0.15) is 5.75 Å². The maximum absolute atomic E-state index is 13.4. The number of hydrogen-bond acceptors (Lipinski definition) is 6. The summed E-state index contributed by atoms with van der Waals surface area (Å²) in [6.07, 6.45) is -7.60. The number of methoxy groups -OCH3 is 1. The van der Waals surface area contributed by atoms with E-state index in [0.717, 1.165) is 7.11 Å². The van der Waals surface area contributed by atoms with E-state index in [-0.39, 0.29) is 0 Å². The fourth-order valence-electron chi connectivity index (χ4n) is 1.81. The monoisotopic (exact) mass is 388 g/mol. The average molecular weight is 389 g/mol. The number of sulfone groups is 1. The first-order valence-electron chi connectivity index (χ1n) is 16.0. The van der Waals surface area contributed by atoms with E-state index in [0.29, 0.717) is 0 Å². The molecule has 1 aliphatic heterocycles. The highest BCUT2D eigenvalue weighted by molar-refractivity contribution is 7.91. The lowest BCUT2D eigenvalue weighted by atomic mass is 10.1. The molecule has 1 atom stereocenters. The van der Waals surface area contributed by atoms with Gasteiger partial charge in [0, 0.05) is 41.9 Å². The van der Waals surface area contributed by atoms with Gasteiger partial charge in [-0.25, -0.2) is 8.42 Å². The van der Waals surface area contributed by atoms with Gasteiger partial charge in [0.25, 0.3) is 5.91 Å². The van der Waals surface area contributed by atoms with E-state index in [9.17, 15) is 13.2 Å². The lowest BCUT2D eigenvalue weighted by Crippen LogP contribution is -2.40. The maximum atomic E-state index is 13.4. The minimum Gasteiger partial charge on any atom is -0.496 e. The highest BCUT2D eigenvalue weighted by Gasteiger charge is 2.25. The van der Waals surface area contributed by atoms with Crippen LogP contribution >= 0.6 is 0 Å². The van der Waals surface area contributed by atoms with Gasteiger partial charge < -0.3 is 15.8 Å². The smallest absolute Gasteiger partial charge is 0.255 e. The van der Waals surface area contributed by atoms with Crippen LogP contribution < -0.4 is 15.8 Å². The number of anilines is 1. The van der Waals surface area contributed by atoms with Crippen molar-refractivity contribution in [2.45, 2.75) is 37.4 Å². The summed E-state index contributed by atoms with van der Waals surface area (Å²) >= 11 is 0. The summed E-state index contributed by atoms with van der Waals surface area (Å²) in [5.74, 6) is -2.69. The molecule has 1 aromatic carbocycles. The first-order chi connectivity index (χ1) is 19.2. The molecule has 7 nitrogen and oxygen atoms in total. The summed E-state index contributed by atoms with van der Waals surface area (Å²) in [6, 6.07) is -6.29. The molecule has 25 heavy (non-hydrogen) atoms.